The van der Waals surface area contributed by atoms with Crippen LogP contribution in [0.5, 0.6) is 0 Å². The molecule has 4 rings (SSSR count). The quantitative estimate of drug-likeness (QED) is 0.266. The summed E-state index contributed by atoms with van der Waals surface area (Å²) in [7, 11) is 0. The van der Waals surface area contributed by atoms with Crippen molar-refractivity contribution in [1.29, 1.82) is 0 Å². The Morgan fingerprint density at radius 3 is 1.57 bits per heavy atom. The van der Waals surface area contributed by atoms with Gasteiger partial charge in [0.2, 0.25) is 0 Å². The van der Waals surface area contributed by atoms with Gasteiger partial charge in [-0.25, -0.2) is 4.98 Å². The molecule has 196 valence electrons. The molecule has 0 aliphatic heterocycles. The second-order valence-electron chi connectivity index (χ2n) is 11.4. The lowest BCUT2D eigenvalue weighted by Crippen LogP contribution is -2.08. The fraction of sp³-hybridized carbons (Fsp3) is 0.412. The molecule has 0 N–H and O–H groups in total. The van der Waals surface area contributed by atoms with Crippen LogP contribution in [0, 0.1) is 25.7 Å². The summed E-state index contributed by atoms with van der Waals surface area (Å²) in [6.07, 6.45) is 4.00. The average Bonchev–Trinajstić information content (AvgIpc) is 3.33. The average molecular weight is 496 g/mol. The molecule has 2 aromatic carbocycles. The van der Waals surface area contributed by atoms with E-state index in [2.05, 4.69) is 134 Å². The lowest BCUT2D eigenvalue weighted by Gasteiger charge is -2.24. The number of nitrogens with zero attached hydrogens (tertiary/aromatic N) is 3. The Morgan fingerprint density at radius 1 is 0.622 bits per heavy atom. The van der Waals surface area contributed by atoms with Gasteiger partial charge in [-0.15, -0.1) is 0 Å². The molecule has 0 saturated heterocycles. The Morgan fingerprint density at radius 2 is 1.11 bits per heavy atom. The minimum Gasteiger partial charge on any atom is -0.299 e. The van der Waals surface area contributed by atoms with Crippen LogP contribution in [0.4, 0.5) is 0 Å². The molecule has 3 nitrogen and oxygen atoms in total. The Hall–Kier alpha value is -3.20. The number of hydrogen-bond acceptors (Lipinski definition) is 2. The standard InChI is InChI=1S/C28H31N3.C6H14/c1-18(2)25-16-24(23-14-20(5)30-21(6)15-23)17-26(19(3)4)27(25)31-13-12-29-28(31)22-10-8-7-9-11-22;1-5(2)6(3)4/h7-19H,1-6H3;5-6H,1-4H3. The van der Waals surface area contributed by atoms with Crippen molar-refractivity contribution in [3.8, 4) is 28.2 Å². The molecule has 0 unspecified atom stereocenters. The molecule has 0 saturated carbocycles. The van der Waals surface area contributed by atoms with Crippen LogP contribution >= 0.6 is 0 Å². The van der Waals surface area contributed by atoms with Crippen LogP contribution in [0.15, 0.2) is 67.0 Å². The van der Waals surface area contributed by atoms with Crippen LogP contribution in [0.2, 0.25) is 0 Å². The zero-order chi connectivity index (χ0) is 27.3. The summed E-state index contributed by atoms with van der Waals surface area (Å²) < 4.78 is 2.27. The van der Waals surface area contributed by atoms with Crippen molar-refractivity contribution in [3.63, 3.8) is 0 Å². The number of benzene rings is 2. The zero-order valence-corrected chi connectivity index (χ0v) is 24.5. The van der Waals surface area contributed by atoms with Crippen molar-refractivity contribution in [2.45, 2.75) is 81.1 Å². The van der Waals surface area contributed by atoms with Gasteiger partial charge in [0.1, 0.15) is 5.82 Å². The van der Waals surface area contributed by atoms with Crippen molar-refractivity contribution in [3.05, 3.63) is 89.5 Å². The molecular weight excluding hydrogens is 450 g/mol. The predicted octanol–water partition coefficient (Wildman–Crippen LogP) is 9.76. The number of aryl methyl sites for hydroxylation is 2. The van der Waals surface area contributed by atoms with Crippen molar-refractivity contribution >= 4 is 0 Å². The van der Waals surface area contributed by atoms with Gasteiger partial charge in [0.15, 0.2) is 0 Å². The molecule has 0 atom stereocenters. The lowest BCUT2D eigenvalue weighted by molar-refractivity contribution is 0.457. The van der Waals surface area contributed by atoms with Gasteiger partial charge in [0.05, 0.1) is 5.69 Å². The van der Waals surface area contributed by atoms with E-state index < -0.39 is 0 Å². The molecule has 0 radical (unpaired) electrons. The minimum absolute atomic E-state index is 0.377. The van der Waals surface area contributed by atoms with Gasteiger partial charge in [-0.3, -0.25) is 9.55 Å². The fourth-order valence-electron chi connectivity index (χ4n) is 4.29. The van der Waals surface area contributed by atoms with Gasteiger partial charge in [-0.05, 0) is 84.0 Å². The molecule has 0 aliphatic carbocycles. The lowest BCUT2D eigenvalue weighted by atomic mass is 9.88. The smallest absolute Gasteiger partial charge is 0.144 e. The Balaban J connectivity index is 0.000000568. The van der Waals surface area contributed by atoms with Crippen LogP contribution in [-0.4, -0.2) is 14.5 Å². The summed E-state index contributed by atoms with van der Waals surface area (Å²) in [6.45, 7) is 22.2. The van der Waals surface area contributed by atoms with Gasteiger partial charge in [-0.2, -0.15) is 0 Å². The van der Waals surface area contributed by atoms with Gasteiger partial charge in [-0.1, -0.05) is 85.7 Å². The second-order valence-corrected chi connectivity index (χ2v) is 11.4. The number of rotatable bonds is 6. The van der Waals surface area contributed by atoms with Gasteiger partial charge >= 0.3 is 0 Å². The maximum Gasteiger partial charge on any atom is 0.144 e. The highest BCUT2D eigenvalue weighted by molar-refractivity contribution is 5.72. The molecule has 0 bridgehead atoms. The molecule has 2 aromatic heterocycles. The number of hydrogen-bond donors (Lipinski definition) is 0. The van der Waals surface area contributed by atoms with Gasteiger partial charge in [0.25, 0.3) is 0 Å². The van der Waals surface area contributed by atoms with Crippen molar-refractivity contribution in [1.82, 2.24) is 14.5 Å². The van der Waals surface area contributed by atoms with Crippen LogP contribution in [-0.2, 0) is 0 Å². The van der Waals surface area contributed by atoms with E-state index in [-0.39, 0.29) is 0 Å². The first-order valence-corrected chi connectivity index (χ1v) is 13.7. The van der Waals surface area contributed by atoms with Gasteiger partial charge < -0.3 is 0 Å². The summed E-state index contributed by atoms with van der Waals surface area (Å²) in [5.74, 6) is 3.44. The monoisotopic (exact) mass is 495 g/mol. The first-order chi connectivity index (χ1) is 17.5. The van der Waals surface area contributed by atoms with E-state index in [9.17, 15) is 0 Å². The summed E-state index contributed by atoms with van der Waals surface area (Å²) in [5, 5.41) is 0. The maximum absolute atomic E-state index is 4.72. The molecule has 0 aliphatic rings. The molecule has 37 heavy (non-hydrogen) atoms. The van der Waals surface area contributed by atoms with Crippen LogP contribution in [0.1, 0.15) is 89.7 Å². The number of aromatic nitrogens is 3. The molecule has 0 amide bonds. The van der Waals surface area contributed by atoms with E-state index >= 15 is 0 Å². The Kier molecular flexibility index (Phi) is 9.48. The van der Waals surface area contributed by atoms with E-state index in [0.29, 0.717) is 11.8 Å². The Bertz CT molecular complexity index is 1240. The molecule has 0 spiro atoms. The van der Waals surface area contributed by atoms with Crippen LogP contribution < -0.4 is 0 Å². The molecule has 0 fully saturated rings. The van der Waals surface area contributed by atoms with E-state index in [0.717, 1.165) is 34.6 Å². The third-order valence-corrected chi connectivity index (χ3v) is 7.07. The summed E-state index contributed by atoms with van der Waals surface area (Å²) in [5.41, 5.74) is 9.65. The zero-order valence-electron chi connectivity index (χ0n) is 24.5. The third kappa shape index (κ3) is 6.97. The minimum atomic E-state index is 0.377. The molecule has 2 heterocycles. The highest BCUT2D eigenvalue weighted by Gasteiger charge is 2.20. The van der Waals surface area contributed by atoms with Crippen molar-refractivity contribution in [2.75, 3.05) is 0 Å². The first kappa shape index (κ1) is 28.4. The number of imidazole rings is 1. The van der Waals surface area contributed by atoms with E-state index in [1.54, 1.807) is 0 Å². The summed E-state index contributed by atoms with van der Waals surface area (Å²) in [4.78, 5) is 9.29. The summed E-state index contributed by atoms with van der Waals surface area (Å²) in [6, 6.07) is 19.5. The fourth-order valence-corrected chi connectivity index (χ4v) is 4.29. The molecule has 4 aromatic rings. The van der Waals surface area contributed by atoms with Crippen molar-refractivity contribution in [2.24, 2.45) is 11.8 Å². The normalized spacial score (nSPS) is 11.4. The highest BCUT2D eigenvalue weighted by Crippen LogP contribution is 2.38. The summed E-state index contributed by atoms with van der Waals surface area (Å²) >= 11 is 0. The number of pyridine rings is 1. The second kappa shape index (κ2) is 12.4. The van der Waals surface area contributed by atoms with E-state index in [1.807, 2.05) is 12.3 Å². The third-order valence-electron chi connectivity index (χ3n) is 7.07. The van der Waals surface area contributed by atoms with Gasteiger partial charge in [0, 0.05) is 29.3 Å². The van der Waals surface area contributed by atoms with Crippen LogP contribution in [0.25, 0.3) is 28.2 Å². The Labute approximate surface area is 225 Å². The van der Waals surface area contributed by atoms with Crippen molar-refractivity contribution < 1.29 is 0 Å². The largest absolute Gasteiger partial charge is 0.299 e. The highest BCUT2D eigenvalue weighted by atomic mass is 15.1. The maximum atomic E-state index is 4.72. The predicted molar refractivity (Wildman–Crippen MR) is 160 cm³/mol. The van der Waals surface area contributed by atoms with Crippen LogP contribution in [0.3, 0.4) is 0 Å². The SMILES string of the molecule is CC(C)C(C)C.Cc1cc(-c2cc(C(C)C)c(-n3ccnc3-c3ccccc3)c(C(C)C)c2)cc(C)n1. The molecular formula is C34H45N3. The topological polar surface area (TPSA) is 30.7 Å². The molecule has 3 heteroatoms. The first-order valence-electron chi connectivity index (χ1n) is 13.7. The van der Waals surface area contributed by atoms with E-state index in [1.165, 1.54) is 27.9 Å². The van der Waals surface area contributed by atoms with E-state index in [4.69, 9.17) is 4.98 Å².